The van der Waals surface area contributed by atoms with Gasteiger partial charge >= 0.3 is 0 Å². The summed E-state index contributed by atoms with van der Waals surface area (Å²) < 4.78 is 17.6. The van der Waals surface area contributed by atoms with Crippen molar-refractivity contribution in [1.82, 2.24) is 39.5 Å². The maximum Gasteiger partial charge on any atom is 0.263 e. The second-order valence-electron chi connectivity index (χ2n) is 24.6. The van der Waals surface area contributed by atoms with E-state index < -0.39 is 29.2 Å². The molecular weight excluding hydrogens is 1030 g/mol. The van der Waals surface area contributed by atoms with Crippen molar-refractivity contribution in [2.45, 2.75) is 141 Å². The molecule has 5 aromatic rings. The van der Waals surface area contributed by atoms with Gasteiger partial charge in [0.05, 0.1) is 40.1 Å². The Hall–Kier alpha value is -7.05. The van der Waals surface area contributed by atoms with Crippen molar-refractivity contribution in [1.29, 1.82) is 0 Å². The lowest BCUT2D eigenvalue weighted by atomic mass is 9.73. The van der Waals surface area contributed by atoms with Gasteiger partial charge in [0.2, 0.25) is 30.0 Å². The van der Waals surface area contributed by atoms with Crippen LogP contribution in [0.3, 0.4) is 0 Å². The Kier molecular flexibility index (Phi) is 14.8. The average molecular weight is 1100 g/mol. The zero-order valence-corrected chi connectivity index (χ0v) is 47.5. The number of amides is 6. The molecule has 1 spiro atoms. The van der Waals surface area contributed by atoms with Crippen molar-refractivity contribution < 1.29 is 33.2 Å². The normalized spacial score (nSPS) is 23.5. The first-order valence-electron chi connectivity index (χ1n) is 29.7. The number of carbonyl (C=O) groups excluding carboxylic acids is 6. The van der Waals surface area contributed by atoms with Crippen molar-refractivity contribution in [3.63, 3.8) is 0 Å². The zero-order valence-electron chi connectivity index (χ0n) is 47.5. The number of pyridine rings is 1. The van der Waals surface area contributed by atoms with E-state index in [4.69, 9.17) is 9.97 Å². The van der Waals surface area contributed by atoms with E-state index in [-0.39, 0.29) is 48.5 Å². The van der Waals surface area contributed by atoms with Crippen LogP contribution < -0.4 is 20.4 Å². The lowest BCUT2D eigenvalue weighted by Crippen LogP contribution is -2.58. The van der Waals surface area contributed by atoms with Gasteiger partial charge in [0.25, 0.3) is 5.91 Å². The zero-order chi connectivity index (χ0) is 56.4. The minimum atomic E-state index is -1.05. The quantitative estimate of drug-likeness (QED) is 0.0853. The van der Waals surface area contributed by atoms with E-state index in [2.05, 4.69) is 66.8 Å². The summed E-state index contributed by atoms with van der Waals surface area (Å²) in [6.07, 6.45) is 11.6. The predicted octanol–water partition coefficient (Wildman–Crippen LogP) is 8.35. The summed E-state index contributed by atoms with van der Waals surface area (Å²) in [6.45, 7) is 17.0. The molecule has 2 aromatic heterocycles. The SMILES string of the molecule is Cc1cc(F)c(Nc2nc(-c3ccc4c(c3)N(C3CC(N5CCCCC5)C3)C(=O)C43CCN(C(=O)C4CCN(CC5CCN(c6cccc(C)c6C(=O)N(C=O)C6CCC(=O)NC6=O)CC5)C4)CC3)cc3ncn(C(C)C)c23)cc1C. The van der Waals surface area contributed by atoms with E-state index in [0.717, 1.165) is 108 Å². The molecule has 81 heavy (non-hydrogen) atoms. The van der Waals surface area contributed by atoms with E-state index in [0.29, 0.717) is 92.3 Å². The first-order valence-corrected chi connectivity index (χ1v) is 29.7. The second kappa shape index (κ2) is 22.0. The van der Waals surface area contributed by atoms with Crippen LogP contribution in [0, 0.1) is 38.4 Å². The van der Waals surface area contributed by atoms with Crippen molar-refractivity contribution >= 4 is 69.9 Å². The van der Waals surface area contributed by atoms with E-state index in [1.165, 1.54) is 19.3 Å². The van der Waals surface area contributed by atoms with Crippen LogP contribution in [0.1, 0.15) is 130 Å². The lowest BCUT2D eigenvalue weighted by molar-refractivity contribution is -0.139. The number of halogens is 1. The smallest absolute Gasteiger partial charge is 0.263 e. The summed E-state index contributed by atoms with van der Waals surface area (Å²) in [5.74, 6) is -0.837. The van der Waals surface area contributed by atoms with Gasteiger partial charge in [-0.1, -0.05) is 30.7 Å². The highest BCUT2D eigenvalue weighted by Gasteiger charge is 2.56. The third-order valence-electron chi connectivity index (χ3n) is 19.4. The van der Waals surface area contributed by atoms with E-state index in [1.54, 1.807) is 6.07 Å². The average Bonchev–Trinajstić information content (AvgIpc) is 4.28. The maximum atomic E-state index is 15.6. The number of imide groups is 2. The van der Waals surface area contributed by atoms with Crippen LogP contribution in [0.15, 0.2) is 60.9 Å². The highest BCUT2D eigenvalue weighted by molar-refractivity contribution is 6.11. The van der Waals surface area contributed by atoms with Gasteiger partial charge in [-0.2, -0.15) is 0 Å². The fourth-order valence-corrected chi connectivity index (χ4v) is 14.5. The molecule has 17 nitrogen and oxygen atoms in total. The molecule has 5 saturated heterocycles. The Morgan fingerprint density at radius 3 is 2.33 bits per heavy atom. The first-order chi connectivity index (χ1) is 39.1. The van der Waals surface area contributed by atoms with E-state index in [1.807, 2.05) is 62.3 Å². The van der Waals surface area contributed by atoms with Gasteiger partial charge in [-0.25, -0.2) is 14.4 Å². The van der Waals surface area contributed by atoms with Crippen LogP contribution in [0.5, 0.6) is 0 Å². The molecule has 2 unspecified atom stereocenters. The molecule has 0 radical (unpaired) electrons. The van der Waals surface area contributed by atoms with Gasteiger partial charge in [-0.15, -0.1) is 0 Å². The number of likely N-dealkylation sites (tertiary alicyclic amines) is 3. The van der Waals surface area contributed by atoms with Crippen LogP contribution in [-0.2, 0) is 29.4 Å². The lowest BCUT2D eigenvalue weighted by Gasteiger charge is -2.48. The molecule has 3 aromatic carbocycles. The molecule has 7 aliphatic rings. The molecule has 426 valence electrons. The number of rotatable bonds is 13. The molecule has 6 aliphatic heterocycles. The molecule has 1 aliphatic carbocycles. The van der Waals surface area contributed by atoms with Crippen molar-refractivity contribution in [3.05, 3.63) is 94.6 Å². The Labute approximate surface area is 473 Å². The van der Waals surface area contributed by atoms with Gasteiger partial charge < -0.3 is 34.4 Å². The number of carbonyl (C=O) groups is 6. The van der Waals surface area contributed by atoms with Gasteiger partial charge in [-0.3, -0.25) is 39.0 Å². The van der Waals surface area contributed by atoms with E-state index in [9.17, 15) is 24.0 Å². The Balaban J connectivity index is 0.725. The molecule has 18 heteroatoms. The highest BCUT2D eigenvalue weighted by atomic mass is 19.1. The molecule has 2 N–H and O–H groups in total. The van der Waals surface area contributed by atoms with Crippen LogP contribution >= 0.6 is 0 Å². The number of aryl methyl sites for hydroxylation is 3. The fraction of sp³-hybridized carbons (Fsp3) is 0.524. The Morgan fingerprint density at radius 2 is 1.60 bits per heavy atom. The number of piperidine rings is 4. The Morgan fingerprint density at radius 1 is 0.852 bits per heavy atom. The topological polar surface area (TPSA) is 177 Å². The highest BCUT2D eigenvalue weighted by Crippen LogP contribution is 2.52. The first kappa shape index (κ1) is 54.5. The third-order valence-corrected chi connectivity index (χ3v) is 19.4. The number of hydrogen-bond donors (Lipinski definition) is 2. The molecule has 6 fully saturated rings. The summed E-state index contributed by atoms with van der Waals surface area (Å²) in [6, 6.07) is 16.9. The molecule has 8 heterocycles. The van der Waals surface area contributed by atoms with Crippen LogP contribution in [-0.4, -0.2) is 147 Å². The summed E-state index contributed by atoms with van der Waals surface area (Å²) in [5.41, 5.74) is 8.29. The number of fused-ring (bicyclic) bond motifs is 3. The van der Waals surface area contributed by atoms with Crippen molar-refractivity contribution in [3.8, 4) is 11.3 Å². The molecule has 2 atom stereocenters. The minimum absolute atomic E-state index is 0.0548. The number of anilines is 4. The summed E-state index contributed by atoms with van der Waals surface area (Å²) >= 11 is 0. The number of hydrogen-bond acceptors (Lipinski definition) is 12. The minimum Gasteiger partial charge on any atom is -0.371 e. The van der Waals surface area contributed by atoms with Crippen molar-refractivity contribution in [2.24, 2.45) is 11.8 Å². The number of nitrogens with one attached hydrogen (secondary N) is 2. The number of benzene rings is 3. The standard InChI is InChI=1S/C63H76FN11O6/c1-38(2)73-36-65-51-33-49(66-58(57(51)73)67-50-29-41(5)40(4)28-48(50)64)43-12-13-47-54(30-43)75(46-31-45(32-46)70-21-7-6-8-22-70)62(81)63(47)19-26-72(27-20-63)60(79)44-18-23-69(35-44)34-42-16-24-71(25-17-42)52-11-9-10-39(3)56(52)61(80)74(37-76)53-14-15-55(77)68-59(53)78/h9-13,28-30,33,36-38,42,44-46,53H,6-8,14-27,31-32,34-35H2,1-5H3,(H,66,67)(H,68,77,78). The van der Waals surface area contributed by atoms with Gasteiger partial charge in [0.15, 0.2) is 5.82 Å². The van der Waals surface area contributed by atoms with Crippen molar-refractivity contribution in [2.75, 3.05) is 74.0 Å². The monoisotopic (exact) mass is 1100 g/mol. The third kappa shape index (κ3) is 10.1. The number of imidazole rings is 1. The van der Waals surface area contributed by atoms with Gasteiger partial charge in [0, 0.05) is 80.8 Å². The number of aromatic nitrogens is 3. The predicted molar refractivity (Wildman–Crippen MR) is 309 cm³/mol. The second-order valence-corrected chi connectivity index (χ2v) is 24.6. The summed E-state index contributed by atoms with van der Waals surface area (Å²) in [4.78, 5) is 103. The summed E-state index contributed by atoms with van der Waals surface area (Å²) in [7, 11) is 0. The van der Waals surface area contributed by atoms with Gasteiger partial charge in [-0.05, 0) is 177 Å². The maximum absolute atomic E-state index is 15.6. The van der Waals surface area contributed by atoms with Crippen LogP contribution in [0.2, 0.25) is 0 Å². The van der Waals surface area contributed by atoms with Crippen LogP contribution in [0.4, 0.5) is 27.3 Å². The molecule has 0 bridgehead atoms. The molecular formula is C63H76FN11O6. The summed E-state index contributed by atoms with van der Waals surface area (Å²) in [5, 5.41) is 5.62. The van der Waals surface area contributed by atoms with Crippen LogP contribution in [0.25, 0.3) is 22.3 Å². The molecule has 6 amide bonds. The largest absolute Gasteiger partial charge is 0.371 e. The molecule has 12 rings (SSSR count). The number of nitrogens with zero attached hydrogens (tertiary/aromatic N) is 9. The Bertz CT molecular complexity index is 3310. The van der Waals surface area contributed by atoms with E-state index >= 15 is 9.18 Å². The van der Waals surface area contributed by atoms with Gasteiger partial charge in [0.1, 0.15) is 17.4 Å². The fourth-order valence-electron chi connectivity index (χ4n) is 14.5. The molecule has 1 saturated carbocycles.